The highest BCUT2D eigenvalue weighted by atomic mass is 19.2. The molecule has 0 saturated carbocycles. The van der Waals surface area contributed by atoms with E-state index in [1.165, 1.54) is 12.1 Å². The van der Waals surface area contributed by atoms with Gasteiger partial charge >= 0.3 is 0 Å². The lowest BCUT2D eigenvalue weighted by Gasteiger charge is -2.20. The summed E-state index contributed by atoms with van der Waals surface area (Å²) in [5.74, 6) is -24.8. The van der Waals surface area contributed by atoms with Crippen molar-refractivity contribution in [2.45, 2.75) is 0 Å². The fourth-order valence-electron chi connectivity index (χ4n) is 4.36. The molecule has 0 aliphatic heterocycles. The van der Waals surface area contributed by atoms with Crippen LogP contribution in [0, 0.1) is 64.0 Å². The minimum absolute atomic E-state index is 0.428. The van der Waals surface area contributed by atoms with Gasteiger partial charge in [0.2, 0.25) is 11.6 Å². The molecule has 0 nitrogen and oxygen atoms in total. The number of halogens is 11. The number of hydrogen-bond donors (Lipinski definition) is 0. The average Bonchev–Trinajstić information content (AvgIpc) is 2.89. The molecule has 5 rings (SSSR count). The Hall–Kier alpha value is -4.15. The summed E-state index contributed by atoms with van der Waals surface area (Å²) in [6.45, 7) is 0. The van der Waals surface area contributed by atoms with Crippen molar-refractivity contribution < 1.29 is 48.3 Å². The molecule has 0 atom stereocenters. The summed E-state index contributed by atoms with van der Waals surface area (Å²) >= 11 is 0. The van der Waals surface area contributed by atoms with Crippen molar-refractivity contribution in [2.24, 2.45) is 0 Å². The van der Waals surface area contributed by atoms with Crippen LogP contribution in [0.25, 0.3) is 43.8 Å². The highest BCUT2D eigenvalue weighted by Crippen LogP contribution is 2.48. The van der Waals surface area contributed by atoms with E-state index < -0.39 is 108 Å². The molecule has 0 amide bonds. The van der Waals surface area contributed by atoms with E-state index in [-0.39, 0.29) is 0 Å². The molecule has 0 spiro atoms. The van der Waals surface area contributed by atoms with Crippen LogP contribution in [0.2, 0.25) is 0 Å². The molecular weight excluding hydrogens is 521 g/mol. The molecule has 0 N–H and O–H groups in total. The first-order chi connectivity index (χ1) is 17.5. The first-order valence-electron chi connectivity index (χ1n) is 10.2. The van der Waals surface area contributed by atoms with E-state index in [9.17, 15) is 43.9 Å². The highest BCUT2D eigenvalue weighted by Gasteiger charge is 2.33. The standard InChI is InChI=1S/C26H7F11/c27-11-7-3-6-10-12(15-17(28)21(32)25(36)22(33)18(15)29)8-4-1-2-5-9(8)14(13(10)11)16-19(30)23(34)26(37)24(35)20(16)31/h1-7H. The number of benzene rings is 5. The lowest BCUT2D eigenvalue weighted by atomic mass is 9.85. The fraction of sp³-hybridized carbons (Fsp3) is 0. The van der Waals surface area contributed by atoms with Crippen molar-refractivity contribution in [3.63, 3.8) is 0 Å². The molecule has 0 radical (unpaired) electrons. The Morgan fingerprint density at radius 2 is 0.649 bits per heavy atom. The van der Waals surface area contributed by atoms with E-state index in [0.29, 0.717) is 0 Å². The Labute approximate surface area is 199 Å². The zero-order valence-electron chi connectivity index (χ0n) is 17.7. The predicted octanol–water partition coefficient (Wildman–Crippen LogP) is 8.86. The van der Waals surface area contributed by atoms with Gasteiger partial charge in [-0.3, -0.25) is 0 Å². The van der Waals surface area contributed by atoms with Gasteiger partial charge in [0.1, 0.15) is 5.82 Å². The smallest absolute Gasteiger partial charge is 0.200 e. The molecule has 11 heteroatoms. The van der Waals surface area contributed by atoms with Crippen LogP contribution in [0.15, 0.2) is 42.5 Å². The van der Waals surface area contributed by atoms with Crippen molar-refractivity contribution in [2.75, 3.05) is 0 Å². The Balaban J connectivity index is 2.12. The predicted molar refractivity (Wildman–Crippen MR) is 112 cm³/mol. The Kier molecular flexibility index (Phi) is 5.61. The van der Waals surface area contributed by atoms with Crippen LogP contribution in [0.5, 0.6) is 0 Å². The van der Waals surface area contributed by atoms with Gasteiger partial charge in [-0.25, -0.2) is 48.3 Å². The van der Waals surface area contributed by atoms with Crippen molar-refractivity contribution in [1.29, 1.82) is 0 Å². The molecule has 188 valence electrons. The van der Waals surface area contributed by atoms with Crippen LogP contribution in [0.3, 0.4) is 0 Å². The summed E-state index contributed by atoms with van der Waals surface area (Å²) in [5, 5.41) is -2.44. The number of fused-ring (bicyclic) bond motifs is 2. The van der Waals surface area contributed by atoms with Crippen molar-refractivity contribution in [1.82, 2.24) is 0 Å². The maximum Gasteiger partial charge on any atom is 0.200 e. The van der Waals surface area contributed by atoms with Gasteiger partial charge in [-0.1, -0.05) is 36.4 Å². The fourth-order valence-corrected chi connectivity index (χ4v) is 4.36. The molecule has 5 aromatic carbocycles. The monoisotopic (exact) mass is 528 g/mol. The molecule has 0 saturated heterocycles. The van der Waals surface area contributed by atoms with Crippen LogP contribution in [-0.2, 0) is 0 Å². The van der Waals surface area contributed by atoms with Gasteiger partial charge in [0.25, 0.3) is 0 Å². The molecule has 5 aromatic rings. The van der Waals surface area contributed by atoms with E-state index in [1.54, 1.807) is 0 Å². The lowest BCUT2D eigenvalue weighted by Crippen LogP contribution is -2.07. The van der Waals surface area contributed by atoms with Crippen molar-refractivity contribution in [3.05, 3.63) is 106 Å². The van der Waals surface area contributed by atoms with E-state index in [0.717, 1.165) is 30.3 Å². The molecule has 0 aliphatic rings. The second-order valence-electron chi connectivity index (χ2n) is 7.85. The molecule has 0 aromatic heterocycles. The van der Waals surface area contributed by atoms with Crippen LogP contribution < -0.4 is 0 Å². The first-order valence-corrected chi connectivity index (χ1v) is 10.2. The maximum absolute atomic E-state index is 15.2. The normalized spacial score (nSPS) is 11.6. The topological polar surface area (TPSA) is 0 Å². The third-order valence-electron chi connectivity index (χ3n) is 5.92. The van der Waals surface area contributed by atoms with Crippen LogP contribution in [0.4, 0.5) is 48.3 Å². The summed E-state index contributed by atoms with van der Waals surface area (Å²) in [6, 6.07) is 7.07. The minimum Gasteiger partial charge on any atom is -0.206 e. The summed E-state index contributed by atoms with van der Waals surface area (Å²) in [7, 11) is 0. The highest BCUT2D eigenvalue weighted by molar-refractivity contribution is 6.21. The molecular formula is C26H7F11. The Morgan fingerprint density at radius 3 is 1.11 bits per heavy atom. The van der Waals surface area contributed by atoms with Crippen molar-refractivity contribution in [3.8, 4) is 22.3 Å². The Morgan fingerprint density at radius 1 is 0.297 bits per heavy atom. The van der Waals surface area contributed by atoms with Gasteiger partial charge in [-0.15, -0.1) is 0 Å². The average molecular weight is 528 g/mol. The molecule has 37 heavy (non-hydrogen) atoms. The molecule has 0 aliphatic carbocycles. The second-order valence-corrected chi connectivity index (χ2v) is 7.85. The van der Waals surface area contributed by atoms with Gasteiger partial charge in [-0.05, 0) is 22.2 Å². The van der Waals surface area contributed by atoms with E-state index in [4.69, 9.17) is 0 Å². The largest absolute Gasteiger partial charge is 0.206 e. The van der Waals surface area contributed by atoms with Crippen LogP contribution in [0.1, 0.15) is 0 Å². The lowest BCUT2D eigenvalue weighted by molar-refractivity contribution is 0.381. The SMILES string of the molecule is Fc1c(F)c(F)c(-c2c3ccccc3c(-c3c(F)c(F)c(F)c(F)c3F)c3c(F)cccc23)c(F)c1F. The number of rotatable bonds is 2. The zero-order chi connectivity index (χ0) is 26.9. The van der Waals surface area contributed by atoms with E-state index >= 15 is 4.39 Å². The molecule has 0 bridgehead atoms. The molecule has 0 fully saturated rings. The number of hydrogen-bond acceptors (Lipinski definition) is 0. The summed E-state index contributed by atoms with van der Waals surface area (Å²) in [6.07, 6.45) is 0. The van der Waals surface area contributed by atoms with Crippen LogP contribution in [-0.4, -0.2) is 0 Å². The van der Waals surface area contributed by atoms with Gasteiger partial charge in [0.15, 0.2) is 46.5 Å². The van der Waals surface area contributed by atoms with E-state index in [1.807, 2.05) is 0 Å². The van der Waals surface area contributed by atoms with E-state index in [2.05, 4.69) is 0 Å². The molecule has 0 heterocycles. The summed E-state index contributed by atoms with van der Waals surface area (Å²) in [4.78, 5) is 0. The summed E-state index contributed by atoms with van der Waals surface area (Å²) < 4.78 is 159. The quantitative estimate of drug-likeness (QED) is 0.0930. The Bertz CT molecular complexity index is 1730. The van der Waals surface area contributed by atoms with Gasteiger partial charge in [0.05, 0.1) is 11.1 Å². The van der Waals surface area contributed by atoms with Gasteiger partial charge < -0.3 is 0 Å². The zero-order valence-corrected chi connectivity index (χ0v) is 17.7. The van der Waals surface area contributed by atoms with Gasteiger partial charge in [0, 0.05) is 16.5 Å². The van der Waals surface area contributed by atoms with Crippen LogP contribution >= 0.6 is 0 Å². The summed E-state index contributed by atoms with van der Waals surface area (Å²) in [5.41, 5.74) is -4.67. The molecule has 0 unspecified atom stereocenters. The first kappa shape index (κ1) is 24.5. The van der Waals surface area contributed by atoms with Crippen molar-refractivity contribution >= 4 is 21.5 Å². The maximum atomic E-state index is 15.2. The second kappa shape index (κ2) is 8.46. The third-order valence-corrected chi connectivity index (χ3v) is 5.92. The van der Waals surface area contributed by atoms with Gasteiger partial charge in [-0.2, -0.15) is 0 Å². The minimum atomic E-state index is -2.48. The third kappa shape index (κ3) is 3.29.